The average molecular weight is 439 g/mol. The predicted molar refractivity (Wildman–Crippen MR) is 122 cm³/mol. The standard InChI is InChI=1S/C24H26N2O4S/c1-17-8-7-9-18(2)24(17)25-23(27)16-30-21-12-14-22(15-13-21)31(28,29)26-19(3)20-10-5-4-6-11-20/h4-15,19,26H,16H2,1-3H3,(H,25,27)/t19-/m1/s1. The van der Waals surface area contributed by atoms with Crippen LogP contribution in [0.1, 0.15) is 29.7 Å². The van der Waals surface area contributed by atoms with Gasteiger partial charge in [0.1, 0.15) is 5.75 Å². The van der Waals surface area contributed by atoms with E-state index in [9.17, 15) is 13.2 Å². The highest BCUT2D eigenvalue weighted by Gasteiger charge is 2.18. The number of amides is 1. The first-order valence-electron chi connectivity index (χ1n) is 9.92. The second-order valence-electron chi connectivity index (χ2n) is 7.33. The van der Waals surface area contributed by atoms with Crippen molar-refractivity contribution >= 4 is 21.6 Å². The van der Waals surface area contributed by atoms with Crippen molar-refractivity contribution in [2.45, 2.75) is 31.7 Å². The summed E-state index contributed by atoms with van der Waals surface area (Å²) in [4.78, 5) is 12.4. The van der Waals surface area contributed by atoms with Gasteiger partial charge in [-0.05, 0) is 61.7 Å². The minimum absolute atomic E-state index is 0.127. The molecule has 0 radical (unpaired) electrons. The van der Waals surface area contributed by atoms with Crippen molar-refractivity contribution in [1.29, 1.82) is 0 Å². The fourth-order valence-corrected chi connectivity index (χ4v) is 4.39. The number of para-hydroxylation sites is 1. The molecule has 162 valence electrons. The molecular formula is C24H26N2O4S. The molecular weight excluding hydrogens is 412 g/mol. The van der Waals surface area contributed by atoms with Crippen LogP contribution in [0.15, 0.2) is 77.7 Å². The normalized spacial score (nSPS) is 12.2. The quantitative estimate of drug-likeness (QED) is 0.547. The van der Waals surface area contributed by atoms with E-state index < -0.39 is 10.0 Å². The molecule has 0 heterocycles. The van der Waals surface area contributed by atoms with Gasteiger partial charge in [-0.25, -0.2) is 13.1 Å². The molecule has 2 N–H and O–H groups in total. The van der Waals surface area contributed by atoms with Crippen molar-refractivity contribution in [1.82, 2.24) is 4.72 Å². The Morgan fingerprint density at radius 2 is 1.52 bits per heavy atom. The Labute approximate surface area is 183 Å². The number of nitrogens with one attached hydrogen (secondary N) is 2. The first-order valence-corrected chi connectivity index (χ1v) is 11.4. The Morgan fingerprint density at radius 3 is 2.13 bits per heavy atom. The zero-order valence-corrected chi connectivity index (χ0v) is 18.6. The van der Waals surface area contributed by atoms with Crippen LogP contribution in [-0.2, 0) is 14.8 Å². The second-order valence-corrected chi connectivity index (χ2v) is 9.04. The molecule has 0 aliphatic heterocycles. The maximum atomic E-state index is 12.6. The zero-order valence-electron chi connectivity index (χ0n) is 17.8. The highest BCUT2D eigenvalue weighted by molar-refractivity contribution is 7.89. The van der Waals surface area contributed by atoms with E-state index in [2.05, 4.69) is 10.0 Å². The van der Waals surface area contributed by atoms with Gasteiger partial charge in [0.05, 0.1) is 4.90 Å². The summed E-state index contributed by atoms with van der Waals surface area (Å²) in [6.07, 6.45) is 0. The number of sulfonamides is 1. The Bertz CT molecular complexity index is 1120. The van der Waals surface area contributed by atoms with Gasteiger partial charge in [-0.15, -0.1) is 0 Å². The lowest BCUT2D eigenvalue weighted by Crippen LogP contribution is -2.26. The lowest BCUT2D eigenvalue weighted by molar-refractivity contribution is -0.118. The van der Waals surface area contributed by atoms with Gasteiger partial charge in [0.2, 0.25) is 10.0 Å². The molecule has 3 rings (SSSR count). The summed E-state index contributed by atoms with van der Waals surface area (Å²) < 4.78 is 33.5. The first-order chi connectivity index (χ1) is 14.8. The number of ether oxygens (including phenoxy) is 1. The van der Waals surface area contributed by atoms with Gasteiger partial charge in [0, 0.05) is 11.7 Å². The number of rotatable bonds is 8. The smallest absolute Gasteiger partial charge is 0.262 e. The largest absolute Gasteiger partial charge is 0.484 e. The fourth-order valence-electron chi connectivity index (χ4n) is 3.16. The third kappa shape index (κ3) is 5.93. The van der Waals surface area contributed by atoms with E-state index in [1.807, 2.05) is 62.4 Å². The molecule has 6 nitrogen and oxygen atoms in total. The average Bonchev–Trinajstić information content (AvgIpc) is 2.75. The van der Waals surface area contributed by atoms with E-state index in [4.69, 9.17) is 4.74 Å². The van der Waals surface area contributed by atoms with Gasteiger partial charge in [-0.2, -0.15) is 0 Å². The van der Waals surface area contributed by atoms with E-state index >= 15 is 0 Å². The number of carbonyl (C=O) groups is 1. The van der Waals surface area contributed by atoms with Crippen molar-refractivity contribution in [3.8, 4) is 5.75 Å². The third-order valence-electron chi connectivity index (χ3n) is 4.88. The summed E-state index contributed by atoms with van der Waals surface area (Å²) in [5.74, 6) is 0.124. The molecule has 0 aliphatic carbocycles. The summed E-state index contributed by atoms with van der Waals surface area (Å²) >= 11 is 0. The molecule has 0 unspecified atom stereocenters. The first kappa shape index (κ1) is 22.5. The van der Waals surface area contributed by atoms with Gasteiger partial charge in [-0.3, -0.25) is 4.79 Å². The van der Waals surface area contributed by atoms with Crippen molar-refractivity contribution in [2.24, 2.45) is 0 Å². The molecule has 0 fully saturated rings. The molecule has 0 bridgehead atoms. The number of anilines is 1. The molecule has 1 atom stereocenters. The molecule has 0 saturated carbocycles. The SMILES string of the molecule is Cc1cccc(C)c1NC(=O)COc1ccc(S(=O)(=O)N[C@H](C)c2ccccc2)cc1. The monoisotopic (exact) mass is 438 g/mol. The molecule has 0 aromatic heterocycles. The van der Waals surface area contributed by atoms with E-state index in [1.54, 1.807) is 6.92 Å². The Hall–Kier alpha value is -3.16. The van der Waals surface area contributed by atoms with Gasteiger partial charge >= 0.3 is 0 Å². The molecule has 1 amide bonds. The van der Waals surface area contributed by atoms with Crippen LogP contribution < -0.4 is 14.8 Å². The molecule has 7 heteroatoms. The maximum absolute atomic E-state index is 12.6. The summed E-state index contributed by atoms with van der Waals surface area (Å²) in [5, 5.41) is 2.85. The topological polar surface area (TPSA) is 84.5 Å². The van der Waals surface area contributed by atoms with Crippen LogP contribution >= 0.6 is 0 Å². The summed E-state index contributed by atoms with van der Waals surface area (Å²) in [5.41, 5.74) is 3.59. The number of hydrogen-bond acceptors (Lipinski definition) is 4. The minimum atomic E-state index is -3.69. The van der Waals surface area contributed by atoms with Crippen LogP contribution in [0, 0.1) is 13.8 Å². The Kier molecular flexibility index (Phi) is 7.09. The van der Waals surface area contributed by atoms with Crippen molar-refractivity contribution in [3.63, 3.8) is 0 Å². The van der Waals surface area contributed by atoms with E-state index in [0.29, 0.717) is 5.75 Å². The molecule has 0 aliphatic rings. The summed E-state index contributed by atoms with van der Waals surface area (Å²) in [7, 11) is -3.69. The predicted octanol–water partition coefficient (Wildman–Crippen LogP) is 4.36. The van der Waals surface area contributed by atoms with E-state index in [-0.39, 0.29) is 23.5 Å². The number of hydrogen-bond donors (Lipinski definition) is 2. The highest BCUT2D eigenvalue weighted by atomic mass is 32.2. The minimum Gasteiger partial charge on any atom is -0.484 e. The van der Waals surface area contributed by atoms with Gasteiger partial charge < -0.3 is 10.1 Å². The lowest BCUT2D eigenvalue weighted by Gasteiger charge is -2.15. The van der Waals surface area contributed by atoms with E-state index in [1.165, 1.54) is 24.3 Å². The van der Waals surface area contributed by atoms with E-state index in [0.717, 1.165) is 22.4 Å². The molecule has 0 spiro atoms. The summed E-state index contributed by atoms with van der Waals surface area (Å²) in [6, 6.07) is 20.8. The van der Waals surface area contributed by atoms with Gasteiger partial charge in [0.15, 0.2) is 6.61 Å². The van der Waals surface area contributed by atoms with Crippen LogP contribution in [0.5, 0.6) is 5.75 Å². The Morgan fingerprint density at radius 1 is 0.903 bits per heavy atom. The molecule has 3 aromatic rings. The molecule has 0 saturated heterocycles. The number of carbonyl (C=O) groups excluding carboxylic acids is 1. The van der Waals surface area contributed by atoms with Crippen LogP contribution in [0.2, 0.25) is 0 Å². The van der Waals surface area contributed by atoms with Crippen LogP contribution in [-0.4, -0.2) is 20.9 Å². The fraction of sp³-hybridized carbons (Fsp3) is 0.208. The molecule has 3 aromatic carbocycles. The Balaban J connectivity index is 1.59. The van der Waals surface area contributed by atoms with Crippen LogP contribution in [0.25, 0.3) is 0 Å². The van der Waals surface area contributed by atoms with Crippen molar-refractivity contribution in [3.05, 3.63) is 89.5 Å². The highest BCUT2D eigenvalue weighted by Crippen LogP contribution is 2.21. The van der Waals surface area contributed by atoms with Crippen LogP contribution in [0.4, 0.5) is 5.69 Å². The van der Waals surface area contributed by atoms with Crippen molar-refractivity contribution < 1.29 is 17.9 Å². The zero-order chi connectivity index (χ0) is 22.4. The van der Waals surface area contributed by atoms with Gasteiger partial charge in [-0.1, -0.05) is 48.5 Å². The third-order valence-corrected chi connectivity index (χ3v) is 6.44. The summed E-state index contributed by atoms with van der Waals surface area (Å²) in [6.45, 7) is 5.47. The second kappa shape index (κ2) is 9.76. The number of benzene rings is 3. The van der Waals surface area contributed by atoms with Crippen molar-refractivity contribution in [2.75, 3.05) is 11.9 Å². The van der Waals surface area contributed by atoms with Crippen LogP contribution in [0.3, 0.4) is 0 Å². The lowest BCUT2D eigenvalue weighted by atomic mass is 10.1. The maximum Gasteiger partial charge on any atom is 0.262 e. The molecule has 31 heavy (non-hydrogen) atoms. The number of aryl methyl sites for hydroxylation is 2. The van der Waals surface area contributed by atoms with Gasteiger partial charge in [0.25, 0.3) is 5.91 Å².